The van der Waals surface area contributed by atoms with Crippen LogP contribution < -0.4 is 9.80 Å². The van der Waals surface area contributed by atoms with Gasteiger partial charge in [0, 0.05) is 43.8 Å². The van der Waals surface area contributed by atoms with Gasteiger partial charge in [-0.3, -0.25) is 0 Å². The summed E-state index contributed by atoms with van der Waals surface area (Å²) in [5.74, 6) is 1.29. The molecule has 1 saturated heterocycles. The van der Waals surface area contributed by atoms with Gasteiger partial charge in [-0.1, -0.05) is 0 Å². The van der Waals surface area contributed by atoms with E-state index in [9.17, 15) is 4.39 Å². The molecule has 0 N–H and O–H groups in total. The molecule has 26 heavy (non-hydrogen) atoms. The summed E-state index contributed by atoms with van der Waals surface area (Å²) in [5.41, 5.74) is 3.02. The summed E-state index contributed by atoms with van der Waals surface area (Å²) in [7, 11) is 0. The summed E-state index contributed by atoms with van der Waals surface area (Å²) in [5, 5.41) is 4.46. The van der Waals surface area contributed by atoms with E-state index in [4.69, 9.17) is 4.98 Å². The van der Waals surface area contributed by atoms with E-state index in [1.807, 2.05) is 38.1 Å². The SMILES string of the molecule is Cc1cc(C)n(-c2nccc(N3CCN(c4ccc(F)cc4)CC3)n2)n1. The van der Waals surface area contributed by atoms with Crippen molar-refractivity contribution in [2.45, 2.75) is 13.8 Å². The molecule has 1 fully saturated rings. The van der Waals surface area contributed by atoms with Crippen LogP contribution in [0.4, 0.5) is 15.9 Å². The lowest BCUT2D eigenvalue weighted by atomic mass is 10.2. The number of rotatable bonds is 3. The van der Waals surface area contributed by atoms with E-state index in [2.05, 4.69) is 19.9 Å². The fourth-order valence-corrected chi connectivity index (χ4v) is 3.29. The van der Waals surface area contributed by atoms with Gasteiger partial charge in [-0.2, -0.15) is 10.1 Å². The maximum Gasteiger partial charge on any atom is 0.252 e. The third-order valence-corrected chi connectivity index (χ3v) is 4.62. The summed E-state index contributed by atoms with van der Waals surface area (Å²) in [4.78, 5) is 13.6. The number of benzene rings is 1. The second-order valence-electron chi connectivity index (χ2n) is 6.50. The predicted molar refractivity (Wildman–Crippen MR) is 99.5 cm³/mol. The number of hydrogen-bond acceptors (Lipinski definition) is 5. The Bertz CT molecular complexity index is 897. The zero-order valence-corrected chi connectivity index (χ0v) is 14.9. The molecule has 1 aliphatic rings. The van der Waals surface area contributed by atoms with E-state index < -0.39 is 0 Å². The van der Waals surface area contributed by atoms with Gasteiger partial charge in [0.05, 0.1) is 5.69 Å². The molecule has 3 heterocycles. The van der Waals surface area contributed by atoms with Crippen LogP contribution in [-0.4, -0.2) is 45.9 Å². The Morgan fingerprint density at radius 1 is 0.923 bits per heavy atom. The van der Waals surface area contributed by atoms with Gasteiger partial charge in [0.2, 0.25) is 0 Å². The molecule has 1 aliphatic heterocycles. The first-order chi connectivity index (χ1) is 12.6. The van der Waals surface area contributed by atoms with Crippen LogP contribution in [-0.2, 0) is 0 Å². The Hall–Kier alpha value is -2.96. The maximum atomic E-state index is 13.1. The highest BCUT2D eigenvalue weighted by molar-refractivity contribution is 5.49. The highest BCUT2D eigenvalue weighted by Gasteiger charge is 2.19. The zero-order valence-electron chi connectivity index (χ0n) is 14.9. The molecule has 7 heteroatoms. The van der Waals surface area contributed by atoms with Gasteiger partial charge < -0.3 is 9.80 Å². The van der Waals surface area contributed by atoms with Crippen LogP contribution in [0.15, 0.2) is 42.6 Å². The van der Waals surface area contributed by atoms with Crippen LogP contribution in [0.25, 0.3) is 5.95 Å². The van der Waals surface area contributed by atoms with Crippen molar-refractivity contribution in [3.05, 3.63) is 59.8 Å². The molecule has 3 aromatic rings. The standard InChI is InChI=1S/C19H21FN6/c1-14-13-15(2)26(23-14)19-21-8-7-18(22-19)25-11-9-24(10-12-25)17-5-3-16(20)4-6-17/h3-8,13H,9-12H2,1-2H3. The summed E-state index contributed by atoms with van der Waals surface area (Å²) < 4.78 is 14.9. The smallest absolute Gasteiger partial charge is 0.252 e. The van der Waals surface area contributed by atoms with E-state index >= 15 is 0 Å². The van der Waals surface area contributed by atoms with E-state index in [0.717, 1.165) is 49.1 Å². The number of nitrogens with zero attached hydrogens (tertiary/aromatic N) is 6. The van der Waals surface area contributed by atoms with E-state index in [1.54, 1.807) is 10.9 Å². The normalized spacial score (nSPS) is 14.7. The second-order valence-corrected chi connectivity index (χ2v) is 6.50. The van der Waals surface area contributed by atoms with Gasteiger partial charge in [-0.25, -0.2) is 14.1 Å². The predicted octanol–water partition coefficient (Wildman–Crippen LogP) is 2.74. The van der Waals surface area contributed by atoms with Gasteiger partial charge >= 0.3 is 0 Å². The fourth-order valence-electron chi connectivity index (χ4n) is 3.29. The van der Waals surface area contributed by atoms with Crippen LogP contribution in [0.1, 0.15) is 11.4 Å². The van der Waals surface area contributed by atoms with Crippen LogP contribution >= 0.6 is 0 Å². The lowest BCUT2D eigenvalue weighted by molar-refractivity contribution is 0.624. The Morgan fingerprint density at radius 2 is 1.62 bits per heavy atom. The second kappa shape index (κ2) is 6.74. The number of piperazine rings is 1. The molecule has 134 valence electrons. The Kier molecular flexibility index (Phi) is 4.28. The maximum absolute atomic E-state index is 13.1. The first-order valence-electron chi connectivity index (χ1n) is 8.72. The fraction of sp³-hybridized carbons (Fsp3) is 0.316. The minimum atomic E-state index is -0.204. The summed E-state index contributed by atoms with van der Waals surface area (Å²) in [6, 6.07) is 10.6. The van der Waals surface area contributed by atoms with Gasteiger partial charge in [0.15, 0.2) is 0 Å². The minimum absolute atomic E-state index is 0.204. The van der Waals surface area contributed by atoms with Gasteiger partial charge in [0.1, 0.15) is 11.6 Å². The van der Waals surface area contributed by atoms with Crippen molar-refractivity contribution < 1.29 is 4.39 Å². The molecule has 0 bridgehead atoms. The lowest BCUT2D eigenvalue weighted by Gasteiger charge is -2.36. The average Bonchev–Trinajstić information content (AvgIpc) is 3.01. The third-order valence-electron chi connectivity index (χ3n) is 4.62. The number of hydrogen-bond donors (Lipinski definition) is 0. The molecule has 6 nitrogen and oxygen atoms in total. The molecule has 1 aromatic carbocycles. The first kappa shape index (κ1) is 16.5. The monoisotopic (exact) mass is 352 g/mol. The lowest BCUT2D eigenvalue weighted by Crippen LogP contribution is -2.46. The number of halogens is 1. The molecule has 0 unspecified atom stereocenters. The summed E-state index contributed by atoms with van der Waals surface area (Å²) in [6.07, 6.45) is 1.78. The van der Waals surface area contributed by atoms with Crippen molar-refractivity contribution in [2.75, 3.05) is 36.0 Å². The van der Waals surface area contributed by atoms with Gasteiger partial charge in [0.25, 0.3) is 5.95 Å². The molecule has 0 saturated carbocycles. The summed E-state index contributed by atoms with van der Waals surface area (Å²) >= 11 is 0. The molecule has 0 aliphatic carbocycles. The largest absolute Gasteiger partial charge is 0.368 e. The van der Waals surface area contributed by atoms with E-state index in [1.165, 1.54) is 12.1 Å². The molecule has 0 radical (unpaired) electrons. The van der Waals surface area contributed by atoms with Crippen molar-refractivity contribution in [2.24, 2.45) is 0 Å². The number of aromatic nitrogens is 4. The zero-order chi connectivity index (χ0) is 18.1. The van der Waals surface area contributed by atoms with E-state index in [-0.39, 0.29) is 5.82 Å². The Labute approximate surface area is 151 Å². The van der Waals surface area contributed by atoms with Crippen molar-refractivity contribution in [1.82, 2.24) is 19.7 Å². The highest BCUT2D eigenvalue weighted by Crippen LogP contribution is 2.20. The quantitative estimate of drug-likeness (QED) is 0.725. The number of anilines is 2. The van der Waals surface area contributed by atoms with Crippen LogP contribution in [0.3, 0.4) is 0 Å². The molecule has 0 spiro atoms. The highest BCUT2D eigenvalue weighted by atomic mass is 19.1. The molecule has 0 amide bonds. The Morgan fingerprint density at radius 3 is 2.27 bits per heavy atom. The van der Waals surface area contributed by atoms with Gasteiger partial charge in [-0.05, 0) is 50.2 Å². The molecular formula is C19H21FN6. The topological polar surface area (TPSA) is 50.1 Å². The molecule has 0 atom stereocenters. The summed E-state index contributed by atoms with van der Waals surface area (Å²) in [6.45, 7) is 7.39. The average molecular weight is 352 g/mol. The number of aryl methyl sites for hydroxylation is 2. The van der Waals surface area contributed by atoms with Crippen LogP contribution in [0.5, 0.6) is 0 Å². The van der Waals surface area contributed by atoms with Crippen LogP contribution in [0.2, 0.25) is 0 Å². The van der Waals surface area contributed by atoms with Crippen molar-refractivity contribution >= 4 is 11.5 Å². The third kappa shape index (κ3) is 3.24. The molecule has 4 rings (SSSR count). The minimum Gasteiger partial charge on any atom is -0.368 e. The van der Waals surface area contributed by atoms with Gasteiger partial charge in [-0.15, -0.1) is 0 Å². The Balaban J connectivity index is 1.48. The van der Waals surface area contributed by atoms with E-state index in [0.29, 0.717) is 5.95 Å². The van der Waals surface area contributed by atoms with Crippen molar-refractivity contribution in [3.63, 3.8) is 0 Å². The van der Waals surface area contributed by atoms with Crippen molar-refractivity contribution in [3.8, 4) is 5.95 Å². The van der Waals surface area contributed by atoms with Crippen LogP contribution in [0, 0.1) is 19.7 Å². The molecule has 2 aromatic heterocycles. The van der Waals surface area contributed by atoms with Crippen molar-refractivity contribution in [1.29, 1.82) is 0 Å². The first-order valence-corrected chi connectivity index (χ1v) is 8.72. The molecular weight excluding hydrogens is 331 g/mol.